The van der Waals surface area contributed by atoms with E-state index >= 15 is 0 Å². The van der Waals surface area contributed by atoms with Gasteiger partial charge in [-0.05, 0) is 30.7 Å². The van der Waals surface area contributed by atoms with Crippen molar-refractivity contribution in [2.24, 2.45) is 0 Å². The maximum absolute atomic E-state index is 12.5. The first-order valence-corrected chi connectivity index (χ1v) is 9.27. The maximum atomic E-state index is 12.5. The van der Waals surface area contributed by atoms with Gasteiger partial charge >= 0.3 is 0 Å². The highest BCUT2D eigenvalue weighted by molar-refractivity contribution is 7.94. The summed E-state index contributed by atoms with van der Waals surface area (Å²) in [7, 11) is -3.71. The molecule has 2 aromatic heterocycles. The Hall–Kier alpha value is -1.90. The highest BCUT2D eigenvalue weighted by Crippen LogP contribution is 2.30. The van der Waals surface area contributed by atoms with Crippen LogP contribution in [0, 0.1) is 13.8 Å². The molecule has 0 aliphatic carbocycles. The van der Waals surface area contributed by atoms with Crippen molar-refractivity contribution in [3.8, 4) is 11.5 Å². The monoisotopic (exact) mass is 369 g/mol. The Morgan fingerprint density at radius 1 is 1.22 bits per heavy atom. The summed E-state index contributed by atoms with van der Waals surface area (Å²) in [5.41, 5.74) is 1.79. The second-order valence-electron chi connectivity index (χ2n) is 4.85. The van der Waals surface area contributed by atoms with Crippen LogP contribution in [0.25, 0.3) is 11.5 Å². The molecule has 120 valence electrons. The number of halogens is 1. The lowest BCUT2D eigenvalue weighted by atomic mass is 10.2. The molecule has 2 heterocycles. The predicted octanol–water partition coefficient (Wildman–Crippen LogP) is 3.87. The van der Waals surface area contributed by atoms with E-state index in [-0.39, 0.29) is 4.21 Å². The average Bonchev–Trinajstić information content (AvgIpc) is 3.11. The van der Waals surface area contributed by atoms with E-state index in [4.69, 9.17) is 16.0 Å². The lowest BCUT2D eigenvalue weighted by Crippen LogP contribution is -2.12. The van der Waals surface area contributed by atoms with Crippen LogP contribution in [0.15, 0.2) is 38.3 Å². The molecule has 3 aromatic rings. The first-order chi connectivity index (χ1) is 10.8. The van der Waals surface area contributed by atoms with E-state index in [1.165, 1.54) is 6.07 Å². The number of hydrogen-bond donors (Lipinski definition) is 1. The Kier molecular flexibility index (Phi) is 4.13. The van der Waals surface area contributed by atoms with E-state index in [0.29, 0.717) is 28.1 Å². The van der Waals surface area contributed by atoms with Crippen LogP contribution in [0.1, 0.15) is 11.5 Å². The summed E-state index contributed by atoms with van der Waals surface area (Å²) in [5, 5.41) is 9.73. The number of benzene rings is 1. The Bertz CT molecular complexity index is 963. The van der Waals surface area contributed by atoms with Crippen LogP contribution in [0.2, 0.25) is 5.02 Å². The minimum absolute atomic E-state index is 0.155. The van der Waals surface area contributed by atoms with Gasteiger partial charge in [0.05, 0.1) is 11.3 Å². The fraction of sp³-hybridized carbons (Fsp3) is 0.143. The van der Waals surface area contributed by atoms with E-state index < -0.39 is 10.0 Å². The number of sulfonamides is 1. The van der Waals surface area contributed by atoms with Crippen molar-refractivity contribution in [3.05, 3.63) is 46.1 Å². The molecule has 0 radical (unpaired) electrons. The lowest BCUT2D eigenvalue weighted by Gasteiger charge is -2.09. The standard InChI is InChI=1S/C14H12ClN3O3S2/c1-8-3-4-11(15)6-12(8)18-23(19,20)13-5-10(7-22-13)14-17-16-9(2)21-14/h3-7,18H,1-2H3. The van der Waals surface area contributed by atoms with Crippen LogP contribution >= 0.6 is 22.9 Å². The van der Waals surface area contributed by atoms with Crippen LogP contribution in [0.4, 0.5) is 5.69 Å². The molecule has 0 saturated heterocycles. The molecule has 0 spiro atoms. The molecule has 0 fully saturated rings. The van der Waals surface area contributed by atoms with Gasteiger partial charge in [0, 0.05) is 17.3 Å². The van der Waals surface area contributed by atoms with Gasteiger partial charge in [-0.3, -0.25) is 4.72 Å². The van der Waals surface area contributed by atoms with E-state index in [1.807, 2.05) is 0 Å². The molecule has 0 aliphatic rings. The Morgan fingerprint density at radius 3 is 2.70 bits per heavy atom. The summed E-state index contributed by atoms with van der Waals surface area (Å²) in [4.78, 5) is 0. The topological polar surface area (TPSA) is 85.1 Å². The number of aromatic nitrogens is 2. The lowest BCUT2D eigenvalue weighted by molar-refractivity contribution is 0.533. The molecule has 0 atom stereocenters. The molecule has 0 unspecified atom stereocenters. The van der Waals surface area contributed by atoms with Gasteiger partial charge in [-0.25, -0.2) is 8.42 Å². The van der Waals surface area contributed by atoms with Crippen LogP contribution < -0.4 is 4.72 Å². The number of nitrogens with one attached hydrogen (secondary N) is 1. The van der Waals surface area contributed by atoms with Crippen molar-refractivity contribution in [1.82, 2.24) is 10.2 Å². The van der Waals surface area contributed by atoms with Gasteiger partial charge in [0.15, 0.2) is 0 Å². The third-order valence-corrected chi connectivity index (χ3v) is 6.10. The second-order valence-corrected chi connectivity index (χ2v) is 8.10. The van der Waals surface area contributed by atoms with Crippen molar-refractivity contribution >= 4 is 38.6 Å². The normalized spacial score (nSPS) is 11.6. The number of aryl methyl sites for hydroxylation is 2. The molecule has 3 rings (SSSR count). The Morgan fingerprint density at radius 2 is 2.00 bits per heavy atom. The van der Waals surface area contributed by atoms with Crippen molar-refractivity contribution in [2.75, 3.05) is 4.72 Å². The molecule has 1 aromatic carbocycles. The molecule has 0 aliphatic heterocycles. The summed E-state index contributed by atoms with van der Waals surface area (Å²) in [6.45, 7) is 3.47. The number of thiophene rings is 1. The molecule has 9 heteroatoms. The molecular weight excluding hydrogens is 358 g/mol. The van der Waals surface area contributed by atoms with Gasteiger partial charge in [0.1, 0.15) is 4.21 Å². The third kappa shape index (κ3) is 3.39. The van der Waals surface area contributed by atoms with Crippen molar-refractivity contribution < 1.29 is 12.8 Å². The van der Waals surface area contributed by atoms with Crippen molar-refractivity contribution in [1.29, 1.82) is 0 Å². The molecular formula is C14H12ClN3O3S2. The van der Waals surface area contributed by atoms with Crippen molar-refractivity contribution in [3.63, 3.8) is 0 Å². The van der Waals surface area contributed by atoms with Crippen LogP contribution in [-0.2, 0) is 10.0 Å². The van der Waals surface area contributed by atoms with E-state index in [2.05, 4.69) is 14.9 Å². The highest BCUT2D eigenvalue weighted by Gasteiger charge is 2.20. The van der Waals surface area contributed by atoms with Gasteiger partial charge in [-0.1, -0.05) is 17.7 Å². The first-order valence-electron chi connectivity index (χ1n) is 6.53. The van der Waals surface area contributed by atoms with Crippen molar-refractivity contribution in [2.45, 2.75) is 18.1 Å². The largest absolute Gasteiger partial charge is 0.421 e. The number of rotatable bonds is 4. The van der Waals surface area contributed by atoms with Crippen LogP contribution in [0.3, 0.4) is 0 Å². The highest BCUT2D eigenvalue weighted by atomic mass is 35.5. The third-order valence-electron chi connectivity index (χ3n) is 3.06. The summed E-state index contributed by atoms with van der Waals surface area (Å²) in [6.07, 6.45) is 0. The zero-order valence-corrected chi connectivity index (χ0v) is 14.6. The van der Waals surface area contributed by atoms with Gasteiger partial charge < -0.3 is 4.42 Å². The minimum Gasteiger partial charge on any atom is -0.421 e. The van der Waals surface area contributed by atoms with Gasteiger partial charge in [-0.15, -0.1) is 21.5 Å². The quantitative estimate of drug-likeness (QED) is 0.754. The SMILES string of the molecule is Cc1nnc(-c2csc(S(=O)(=O)Nc3cc(Cl)ccc3C)c2)o1. The van der Waals surface area contributed by atoms with Crippen LogP contribution in [0.5, 0.6) is 0 Å². The molecule has 0 saturated carbocycles. The average molecular weight is 370 g/mol. The Balaban J connectivity index is 1.91. The predicted molar refractivity (Wildman–Crippen MR) is 89.3 cm³/mol. The summed E-state index contributed by atoms with van der Waals surface area (Å²) < 4.78 is 33.0. The molecule has 6 nitrogen and oxygen atoms in total. The first kappa shape index (κ1) is 16.0. The fourth-order valence-electron chi connectivity index (χ4n) is 1.88. The number of hydrogen-bond acceptors (Lipinski definition) is 6. The molecule has 0 bridgehead atoms. The Labute approximate surface area is 142 Å². The van der Waals surface area contributed by atoms with E-state index in [1.54, 1.807) is 37.4 Å². The number of anilines is 1. The van der Waals surface area contributed by atoms with E-state index in [9.17, 15) is 8.42 Å². The fourth-order valence-corrected chi connectivity index (χ4v) is 4.33. The van der Waals surface area contributed by atoms with Gasteiger partial charge in [0.2, 0.25) is 11.8 Å². The maximum Gasteiger partial charge on any atom is 0.271 e. The smallest absolute Gasteiger partial charge is 0.271 e. The van der Waals surface area contributed by atoms with E-state index in [0.717, 1.165) is 16.9 Å². The minimum atomic E-state index is -3.71. The number of nitrogens with zero attached hydrogens (tertiary/aromatic N) is 2. The van der Waals surface area contributed by atoms with Gasteiger partial charge in [0.25, 0.3) is 10.0 Å². The summed E-state index contributed by atoms with van der Waals surface area (Å²) >= 11 is 7.00. The second kappa shape index (κ2) is 5.95. The molecule has 0 amide bonds. The summed E-state index contributed by atoms with van der Waals surface area (Å²) in [6, 6.07) is 6.53. The zero-order valence-electron chi connectivity index (χ0n) is 12.2. The van der Waals surface area contributed by atoms with Crippen LogP contribution in [-0.4, -0.2) is 18.6 Å². The molecule has 1 N–H and O–H groups in total. The zero-order chi connectivity index (χ0) is 16.6. The van der Waals surface area contributed by atoms with Gasteiger partial charge in [-0.2, -0.15) is 0 Å². The molecule has 23 heavy (non-hydrogen) atoms. The summed E-state index contributed by atoms with van der Waals surface area (Å²) in [5.74, 6) is 0.711.